The smallest absolute Gasteiger partial charge is 0.242 e. The summed E-state index contributed by atoms with van der Waals surface area (Å²) in [6, 6.07) is 9.13. The van der Waals surface area contributed by atoms with Gasteiger partial charge in [0.1, 0.15) is 12.4 Å². The van der Waals surface area contributed by atoms with Crippen molar-refractivity contribution in [1.29, 1.82) is 0 Å². The summed E-state index contributed by atoms with van der Waals surface area (Å²) >= 11 is 7.70. The summed E-state index contributed by atoms with van der Waals surface area (Å²) in [7, 11) is 0. The van der Waals surface area contributed by atoms with Gasteiger partial charge in [-0.05, 0) is 60.5 Å². The number of thiophene rings is 1. The van der Waals surface area contributed by atoms with Crippen LogP contribution in [-0.2, 0) is 20.7 Å². The Morgan fingerprint density at radius 2 is 2.06 bits per heavy atom. The van der Waals surface area contributed by atoms with Crippen LogP contribution in [0.2, 0.25) is 5.02 Å². The van der Waals surface area contributed by atoms with Crippen molar-refractivity contribution in [2.75, 3.05) is 32.8 Å². The third-order valence-electron chi connectivity index (χ3n) is 6.22. The first kappa shape index (κ1) is 24.0. The zero-order valence-corrected chi connectivity index (χ0v) is 20.7. The average Bonchev–Trinajstić information content (AvgIpc) is 3.49. The number of fused-ring (bicyclic) bond motifs is 1. The molecule has 0 N–H and O–H groups in total. The zero-order chi connectivity index (χ0) is 23.4. The Hall–Kier alpha value is -2.09. The van der Waals surface area contributed by atoms with Crippen LogP contribution in [0.1, 0.15) is 43.2 Å². The predicted molar refractivity (Wildman–Crippen MR) is 130 cm³/mol. The molecule has 0 aliphatic carbocycles. The zero-order valence-electron chi connectivity index (χ0n) is 19.2. The molecule has 0 unspecified atom stereocenters. The van der Waals surface area contributed by atoms with Crippen molar-refractivity contribution < 1.29 is 19.1 Å². The molecule has 8 heteroatoms. The van der Waals surface area contributed by atoms with E-state index < -0.39 is 0 Å². The highest BCUT2D eigenvalue weighted by molar-refractivity contribution is 7.10. The molecule has 1 aromatic carbocycles. The number of carbonyl (C=O) groups excluding carboxylic acids is 2. The lowest BCUT2D eigenvalue weighted by atomic mass is 10.00. The van der Waals surface area contributed by atoms with Crippen LogP contribution in [0, 0.1) is 5.92 Å². The van der Waals surface area contributed by atoms with Gasteiger partial charge in [0.25, 0.3) is 0 Å². The topological polar surface area (TPSA) is 59.1 Å². The van der Waals surface area contributed by atoms with Crippen LogP contribution in [0.5, 0.6) is 5.75 Å². The molecule has 0 saturated carbocycles. The number of rotatable bonds is 8. The Balaban J connectivity index is 1.49. The molecule has 33 heavy (non-hydrogen) atoms. The number of ether oxygens (including phenoxy) is 2. The monoisotopic (exact) mass is 490 g/mol. The molecular weight excluding hydrogens is 460 g/mol. The number of halogens is 1. The average molecular weight is 491 g/mol. The van der Waals surface area contributed by atoms with Gasteiger partial charge in [0, 0.05) is 35.5 Å². The highest BCUT2D eigenvalue weighted by Crippen LogP contribution is 2.34. The molecule has 2 aliphatic rings. The maximum Gasteiger partial charge on any atom is 0.242 e. The number of benzene rings is 1. The van der Waals surface area contributed by atoms with Gasteiger partial charge in [-0.2, -0.15) is 0 Å². The van der Waals surface area contributed by atoms with E-state index in [1.165, 1.54) is 4.88 Å². The highest BCUT2D eigenvalue weighted by Gasteiger charge is 2.34. The Morgan fingerprint density at radius 3 is 2.76 bits per heavy atom. The van der Waals surface area contributed by atoms with E-state index in [0.29, 0.717) is 30.5 Å². The van der Waals surface area contributed by atoms with Crippen molar-refractivity contribution in [3.8, 4) is 5.75 Å². The maximum atomic E-state index is 13.5. The summed E-state index contributed by atoms with van der Waals surface area (Å²) in [4.78, 5) is 31.3. The van der Waals surface area contributed by atoms with Gasteiger partial charge < -0.3 is 19.3 Å². The third-order valence-corrected chi connectivity index (χ3v) is 7.46. The molecule has 2 aromatic rings. The maximum absolute atomic E-state index is 13.5. The van der Waals surface area contributed by atoms with Crippen molar-refractivity contribution in [2.24, 2.45) is 5.92 Å². The Kier molecular flexibility index (Phi) is 7.94. The van der Waals surface area contributed by atoms with Crippen molar-refractivity contribution in [2.45, 2.75) is 45.3 Å². The fraction of sp³-hybridized carbons (Fsp3) is 0.520. The molecule has 1 saturated heterocycles. The number of carbonyl (C=O) groups is 2. The first-order valence-electron chi connectivity index (χ1n) is 11.6. The normalized spacial score (nSPS) is 20.1. The van der Waals surface area contributed by atoms with E-state index in [4.69, 9.17) is 21.1 Å². The summed E-state index contributed by atoms with van der Waals surface area (Å²) < 4.78 is 11.8. The molecule has 1 fully saturated rings. The number of amides is 2. The predicted octanol–water partition coefficient (Wildman–Crippen LogP) is 4.57. The van der Waals surface area contributed by atoms with E-state index in [-0.39, 0.29) is 36.4 Å². The molecule has 4 rings (SSSR count). The van der Waals surface area contributed by atoms with E-state index in [0.717, 1.165) is 31.4 Å². The summed E-state index contributed by atoms with van der Waals surface area (Å²) in [6.45, 7) is 5.96. The highest BCUT2D eigenvalue weighted by atomic mass is 35.5. The number of hydrogen-bond acceptors (Lipinski definition) is 5. The standard InChI is InChI=1S/C25H31ClN2O4S/c1-17(2)25(30)27(14-20-4-3-12-31-20)15-24(29)28-11-9-23-21(10-13-33-23)22(28)16-32-19-7-5-18(26)6-8-19/h5-8,10,13,17,20,22H,3-4,9,11-12,14-16H2,1-2H3/t20-,22+/m1/s1. The minimum absolute atomic E-state index is 0.00867. The largest absolute Gasteiger partial charge is 0.491 e. The molecule has 0 bridgehead atoms. The summed E-state index contributed by atoms with van der Waals surface area (Å²) in [5.74, 6) is 0.474. The van der Waals surface area contributed by atoms with Gasteiger partial charge in [0.2, 0.25) is 11.8 Å². The Morgan fingerprint density at radius 1 is 1.27 bits per heavy atom. The summed E-state index contributed by atoms with van der Waals surface area (Å²) in [5, 5.41) is 2.72. The molecule has 0 spiro atoms. The third kappa shape index (κ3) is 5.89. The van der Waals surface area contributed by atoms with Crippen molar-refractivity contribution in [1.82, 2.24) is 9.80 Å². The molecule has 2 amide bonds. The number of nitrogens with zero attached hydrogens (tertiary/aromatic N) is 2. The lowest BCUT2D eigenvalue weighted by Gasteiger charge is -2.37. The molecule has 6 nitrogen and oxygen atoms in total. The summed E-state index contributed by atoms with van der Waals surface area (Å²) in [6.07, 6.45) is 2.75. The lowest BCUT2D eigenvalue weighted by molar-refractivity contribution is -0.145. The van der Waals surface area contributed by atoms with Crippen molar-refractivity contribution >= 4 is 34.8 Å². The quantitative estimate of drug-likeness (QED) is 0.544. The molecule has 178 valence electrons. The Labute approximate surface area is 204 Å². The van der Waals surface area contributed by atoms with Gasteiger partial charge in [0.05, 0.1) is 18.7 Å². The second kappa shape index (κ2) is 10.9. The molecule has 0 radical (unpaired) electrons. The van der Waals surface area contributed by atoms with Crippen molar-refractivity contribution in [3.63, 3.8) is 0 Å². The van der Waals surface area contributed by atoms with Gasteiger partial charge >= 0.3 is 0 Å². The second-order valence-corrected chi connectivity index (χ2v) is 10.4. The van der Waals surface area contributed by atoms with Crippen LogP contribution in [-0.4, -0.2) is 60.6 Å². The molecule has 2 atom stereocenters. The molecule has 2 aliphatic heterocycles. The lowest BCUT2D eigenvalue weighted by Crippen LogP contribution is -2.50. The van der Waals surface area contributed by atoms with Crippen molar-refractivity contribution in [3.05, 3.63) is 51.2 Å². The molecule has 1 aromatic heterocycles. The van der Waals surface area contributed by atoms with Gasteiger partial charge in [0.15, 0.2) is 0 Å². The van der Waals surface area contributed by atoms with Crippen LogP contribution < -0.4 is 4.74 Å². The first-order chi connectivity index (χ1) is 15.9. The Bertz CT molecular complexity index is 956. The fourth-order valence-corrected chi connectivity index (χ4v) is 5.52. The van der Waals surface area contributed by atoms with Crippen LogP contribution in [0.4, 0.5) is 0 Å². The molecular formula is C25H31ClN2O4S. The fourth-order valence-electron chi connectivity index (χ4n) is 4.47. The SMILES string of the molecule is CC(C)C(=O)N(CC(=O)N1CCc2sccc2[C@@H]1COc1ccc(Cl)cc1)C[C@H]1CCCO1. The summed E-state index contributed by atoms with van der Waals surface area (Å²) in [5.41, 5.74) is 1.13. The van der Waals surface area contributed by atoms with Crippen LogP contribution in [0.15, 0.2) is 35.7 Å². The minimum atomic E-state index is -0.193. The van der Waals surface area contributed by atoms with E-state index in [2.05, 4.69) is 11.4 Å². The van der Waals surface area contributed by atoms with E-state index >= 15 is 0 Å². The van der Waals surface area contributed by atoms with Gasteiger partial charge in [-0.3, -0.25) is 9.59 Å². The van der Waals surface area contributed by atoms with E-state index in [1.54, 1.807) is 28.4 Å². The van der Waals surface area contributed by atoms with Gasteiger partial charge in [-0.25, -0.2) is 0 Å². The van der Waals surface area contributed by atoms with E-state index in [1.807, 2.05) is 30.9 Å². The van der Waals surface area contributed by atoms with Gasteiger partial charge in [-0.1, -0.05) is 25.4 Å². The minimum Gasteiger partial charge on any atom is -0.491 e. The van der Waals surface area contributed by atoms with Crippen LogP contribution >= 0.6 is 22.9 Å². The van der Waals surface area contributed by atoms with Gasteiger partial charge in [-0.15, -0.1) is 11.3 Å². The second-order valence-electron chi connectivity index (χ2n) is 8.93. The van der Waals surface area contributed by atoms with Crippen LogP contribution in [0.3, 0.4) is 0 Å². The molecule has 3 heterocycles. The number of hydrogen-bond donors (Lipinski definition) is 0. The first-order valence-corrected chi connectivity index (χ1v) is 12.8. The van der Waals surface area contributed by atoms with E-state index in [9.17, 15) is 9.59 Å². The van der Waals surface area contributed by atoms with Crippen LogP contribution in [0.25, 0.3) is 0 Å².